The van der Waals surface area contributed by atoms with Crippen molar-refractivity contribution in [3.05, 3.63) is 29.8 Å². The van der Waals surface area contributed by atoms with E-state index in [1.807, 2.05) is 24.3 Å². The summed E-state index contributed by atoms with van der Waals surface area (Å²) >= 11 is 0. The standard InChI is InChI=1S/C20H32N4O.HI/c1-4-20(11-6-7-12-20)15-23-19(21-5-2)22-14-17-9-8-10-18(13-17)24-16(3)25;/h8-10,13H,4-7,11-12,14-15H2,1-3H3,(H,24,25)(H2,21,22,23);1H. The second kappa shape index (κ2) is 11.4. The van der Waals surface area contributed by atoms with Crippen LogP contribution in [0.1, 0.15) is 58.4 Å². The van der Waals surface area contributed by atoms with Crippen molar-refractivity contribution in [2.24, 2.45) is 10.4 Å². The Morgan fingerprint density at radius 1 is 1.19 bits per heavy atom. The van der Waals surface area contributed by atoms with Crippen LogP contribution >= 0.6 is 24.0 Å². The summed E-state index contributed by atoms with van der Waals surface area (Å²) in [5.41, 5.74) is 2.32. The van der Waals surface area contributed by atoms with E-state index in [4.69, 9.17) is 4.99 Å². The van der Waals surface area contributed by atoms with Gasteiger partial charge in [0.15, 0.2) is 5.96 Å². The molecular formula is C20H33IN4O. The summed E-state index contributed by atoms with van der Waals surface area (Å²) in [5, 5.41) is 9.69. The molecule has 0 aliphatic heterocycles. The van der Waals surface area contributed by atoms with Gasteiger partial charge in [0.25, 0.3) is 0 Å². The Morgan fingerprint density at radius 3 is 2.54 bits per heavy atom. The number of carbonyl (C=O) groups is 1. The molecule has 1 fully saturated rings. The van der Waals surface area contributed by atoms with Crippen LogP contribution < -0.4 is 16.0 Å². The lowest BCUT2D eigenvalue weighted by Crippen LogP contribution is -2.42. The van der Waals surface area contributed by atoms with Crippen LogP contribution in [0.4, 0.5) is 5.69 Å². The van der Waals surface area contributed by atoms with E-state index in [9.17, 15) is 4.79 Å². The summed E-state index contributed by atoms with van der Waals surface area (Å²) in [6.45, 7) is 8.31. The highest BCUT2D eigenvalue weighted by atomic mass is 127. The number of halogens is 1. The summed E-state index contributed by atoms with van der Waals surface area (Å²) in [6.07, 6.45) is 6.54. The average molecular weight is 472 g/mol. The number of benzene rings is 1. The molecule has 5 nitrogen and oxygen atoms in total. The Labute approximate surface area is 174 Å². The number of carbonyl (C=O) groups excluding carboxylic acids is 1. The number of hydrogen-bond acceptors (Lipinski definition) is 2. The average Bonchev–Trinajstić information content (AvgIpc) is 3.07. The van der Waals surface area contributed by atoms with Crippen molar-refractivity contribution in [1.82, 2.24) is 10.6 Å². The zero-order valence-corrected chi connectivity index (χ0v) is 18.6. The predicted octanol–water partition coefficient (Wildman–Crippen LogP) is 4.29. The van der Waals surface area contributed by atoms with E-state index in [2.05, 4.69) is 29.8 Å². The van der Waals surface area contributed by atoms with Gasteiger partial charge in [-0.15, -0.1) is 24.0 Å². The van der Waals surface area contributed by atoms with E-state index in [0.29, 0.717) is 12.0 Å². The fourth-order valence-corrected chi connectivity index (χ4v) is 3.51. The maximum Gasteiger partial charge on any atom is 0.221 e. The first-order chi connectivity index (χ1) is 12.1. The van der Waals surface area contributed by atoms with Crippen molar-refractivity contribution >= 4 is 41.5 Å². The minimum absolute atomic E-state index is 0. The molecule has 0 atom stereocenters. The normalized spacial score (nSPS) is 15.9. The summed E-state index contributed by atoms with van der Waals surface area (Å²) < 4.78 is 0. The number of nitrogens with one attached hydrogen (secondary N) is 3. The van der Waals surface area contributed by atoms with Crippen molar-refractivity contribution in [2.45, 2.75) is 59.4 Å². The van der Waals surface area contributed by atoms with E-state index in [-0.39, 0.29) is 29.9 Å². The lowest BCUT2D eigenvalue weighted by Gasteiger charge is -2.28. The molecular weight excluding hydrogens is 439 g/mol. The molecule has 1 aliphatic carbocycles. The van der Waals surface area contributed by atoms with E-state index in [1.54, 1.807) is 0 Å². The Balaban J connectivity index is 0.00000338. The molecule has 1 aliphatic rings. The zero-order chi connectivity index (χ0) is 18.1. The molecule has 3 N–H and O–H groups in total. The summed E-state index contributed by atoms with van der Waals surface area (Å²) in [5.74, 6) is 0.809. The first-order valence-electron chi connectivity index (χ1n) is 9.45. The first kappa shape index (κ1) is 22.7. The van der Waals surface area contributed by atoms with Crippen molar-refractivity contribution < 1.29 is 4.79 Å². The zero-order valence-electron chi connectivity index (χ0n) is 16.2. The van der Waals surface area contributed by atoms with E-state index < -0.39 is 0 Å². The Hall–Kier alpha value is -1.31. The van der Waals surface area contributed by atoms with Crippen molar-refractivity contribution in [2.75, 3.05) is 18.4 Å². The van der Waals surface area contributed by atoms with Gasteiger partial charge in [0.2, 0.25) is 5.91 Å². The Kier molecular flexibility index (Phi) is 9.98. The van der Waals surface area contributed by atoms with E-state index in [0.717, 1.165) is 30.3 Å². The molecule has 0 bridgehead atoms. The van der Waals surface area contributed by atoms with Crippen molar-refractivity contribution in [3.63, 3.8) is 0 Å². The molecule has 0 spiro atoms. The third kappa shape index (κ3) is 7.13. The van der Waals surface area contributed by atoms with Gasteiger partial charge in [-0.25, -0.2) is 4.99 Å². The molecule has 1 amide bonds. The van der Waals surface area contributed by atoms with Crippen LogP contribution in [0.3, 0.4) is 0 Å². The molecule has 146 valence electrons. The third-order valence-corrected chi connectivity index (χ3v) is 5.06. The Bertz CT molecular complexity index is 597. The van der Waals surface area contributed by atoms with Crippen LogP contribution in [-0.4, -0.2) is 25.0 Å². The molecule has 1 saturated carbocycles. The van der Waals surface area contributed by atoms with E-state index in [1.165, 1.54) is 39.0 Å². The fraction of sp³-hybridized carbons (Fsp3) is 0.600. The molecule has 1 aromatic rings. The van der Waals surface area contributed by atoms with Crippen molar-refractivity contribution in [3.8, 4) is 0 Å². The van der Waals surface area contributed by atoms with Crippen molar-refractivity contribution in [1.29, 1.82) is 0 Å². The van der Waals surface area contributed by atoms with Crippen LogP contribution in [0.15, 0.2) is 29.3 Å². The molecule has 0 saturated heterocycles. The second-order valence-electron chi connectivity index (χ2n) is 6.99. The molecule has 0 unspecified atom stereocenters. The topological polar surface area (TPSA) is 65.5 Å². The molecule has 26 heavy (non-hydrogen) atoms. The molecule has 6 heteroatoms. The van der Waals surface area contributed by atoms with Gasteiger partial charge in [0, 0.05) is 25.7 Å². The van der Waals surface area contributed by atoms with Crippen LogP contribution in [0, 0.1) is 5.41 Å². The van der Waals surface area contributed by atoms with Gasteiger partial charge in [0.1, 0.15) is 0 Å². The third-order valence-electron chi connectivity index (χ3n) is 5.06. The largest absolute Gasteiger partial charge is 0.357 e. The second-order valence-corrected chi connectivity index (χ2v) is 6.99. The number of anilines is 1. The van der Waals surface area contributed by atoms with Gasteiger partial charge < -0.3 is 16.0 Å². The van der Waals surface area contributed by atoms with Gasteiger partial charge >= 0.3 is 0 Å². The minimum Gasteiger partial charge on any atom is -0.357 e. The Morgan fingerprint density at radius 2 is 1.92 bits per heavy atom. The molecule has 1 aromatic carbocycles. The molecule has 0 aromatic heterocycles. The number of guanidine groups is 1. The summed E-state index contributed by atoms with van der Waals surface area (Å²) in [7, 11) is 0. The quantitative estimate of drug-likeness (QED) is 0.315. The number of amides is 1. The van der Waals surface area contributed by atoms with Crippen LogP contribution in [0.25, 0.3) is 0 Å². The number of hydrogen-bond donors (Lipinski definition) is 3. The van der Waals surface area contributed by atoms with Gasteiger partial charge in [-0.3, -0.25) is 4.79 Å². The molecule has 0 radical (unpaired) electrons. The SMILES string of the molecule is CCNC(=NCc1cccc(NC(C)=O)c1)NCC1(CC)CCCC1.I. The van der Waals surface area contributed by atoms with Gasteiger partial charge in [-0.2, -0.15) is 0 Å². The van der Waals surface area contributed by atoms with Crippen LogP contribution in [-0.2, 0) is 11.3 Å². The lowest BCUT2D eigenvalue weighted by molar-refractivity contribution is -0.114. The summed E-state index contributed by atoms with van der Waals surface area (Å²) in [4.78, 5) is 15.9. The highest BCUT2D eigenvalue weighted by Gasteiger charge is 2.31. The highest BCUT2D eigenvalue weighted by Crippen LogP contribution is 2.40. The number of aliphatic imine (C=N–C) groups is 1. The smallest absolute Gasteiger partial charge is 0.221 e. The van der Waals surface area contributed by atoms with Gasteiger partial charge in [0.05, 0.1) is 6.54 Å². The summed E-state index contributed by atoms with van der Waals surface area (Å²) in [6, 6.07) is 7.84. The number of nitrogens with zero attached hydrogens (tertiary/aromatic N) is 1. The maximum absolute atomic E-state index is 11.2. The first-order valence-corrected chi connectivity index (χ1v) is 9.45. The molecule has 2 rings (SSSR count). The predicted molar refractivity (Wildman–Crippen MR) is 120 cm³/mol. The van der Waals surface area contributed by atoms with E-state index >= 15 is 0 Å². The minimum atomic E-state index is -0.0583. The van der Waals surface area contributed by atoms with Crippen LogP contribution in [0.2, 0.25) is 0 Å². The number of rotatable bonds is 7. The fourth-order valence-electron chi connectivity index (χ4n) is 3.51. The van der Waals surface area contributed by atoms with Gasteiger partial charge in [-0.1, -0.05) is 31.9 Å². The monoisotopic (exact) mass is 472 g/mol. The highest BCUT2D eigenvalue weighted by molar-refractivity contribution is 14.0. The molecule has 0 heterocycles. The van der Waals surface area contributed by atoms with Gasteiger partial charge in [-0.05, 0) is 49.3 Å². The maximum atomic E-state index is 11.2. The van der Waals surface area contributed by atoms with Crippen LogP contribution in [0.5, 0.6) is 0 Å². The lowest BCUT2D eigenvalue weighted by atomic mass is 9.83.